The lowest BCUT2D eigenvalue weighted by Gasteiger charge is -2.25. The van der Waals surface area contributed by atoms with Gasteiger partial charge < -0.3 is 38.2 Å². The van der Waals surface area contributed by atoms with Gasteiger partial charge in [-0.15, -0.1) is 0 Å². The second-order valence-electron chi connectivity index (χ2n) is 9.93. The molecule has 44 heavy (non-hydrogen) atoms. The molecule has 4 aromatic rings. The molecule has 0 atom stereocenters. The van der Waals surface area contributed by atoms with Crippen molar-refractivity contribution in [2.24, 2.45) is 0 Å². The van der Waals surface area contributed by atoms with Gasteiger partial charge in [-0.1, -0.05) is 0 Å². The Hall–Kier alpha value is -4.86. The summed E-state index contributed by atoms with van der Waals surface area (Å²) in [5, 5.41) is 0. The van der Waals surface area contributed by atoms with Crippen LogP contribution in [0.5, 0.6) is 34.5 Å². The van der Waals surface area contributed by atoms with E-state index in [1.54, 1.807) is 28.4 Å². The van der Waals surface area contributed by atoms with Crippen LogP contribution in [0.4, 0.5) is 11.4 Å². The van der Waals surface area contributed by atoms with Crippen LogP contribution in [0.3, 0.4) is 0 Å². The van der Waals surface area contributed by atoms with Gasteiger partial charge in [0.2, 0.25) is 11.5 Å². The van der Waals surface area contributed by atoms with E-state index >= 15 is 0 Å². The summed E-state index contributed by atoms with van der Waals surface area (Å²) >= 11 is 0. The van der Waals surface area contributed by atoms with Gasteiger partial charge in [0.1, 0.15) is 0 Å². The molecule has 0 fully saturated rings. The first-order chi connectivity index (χ1) is 21.4. The number of rotatable bonds is 15. The molecule has 0 saturated carbocycles. The molecule has 2 heterocycles. The van der Waals surface area contributed by atoms with Crippen molar-refractivity contribution >= 4 is 11.4 Å². The molecule has 234 valence electrons. The van der Waals surface area contributed by atoms with Crippen molar-refractivity contribution in [3.63, 3.8) is 0 Å². The fourth-order valence-corrected chi connectivity index (χ4v) is 4.75. The van der Waals surface area contributed by atoms with Crippen LogP contribution in [-0.4, -0.2) is 78.8 Å². The maximum Gasteiger partial charge on any atom is 0.203 e. The van der Waals surface area contributed by atoms with Crippen LogP contribution in [-0.2, 0) is 0 Å². The number of hydrogen-bond acceptors (Lipinski definition) is 10. The molecule has 0 radical (unpaired) electrons. The predicted molar refractivity (Wildman–Crippen MR) is 174 cm³/mol. The third-order valence-electron chi connectivity index (χ3n) is 7.24. The molecule has 0 aliphatic carbocycles. The molecule has 10 nitrogen and oxygen atoms in total. The van der Waals surface area contributed by atoms with E-state index in [2.05, 4.69) is 36.0 Å². The maximum atomic E-state index is 5.73. The molecular weight excluding hydrogens is 560 g/mol. The van der Waals surface area contributed by atoms with Crippen LogP contribution in [0.25, 0.3) is 22.5 Å². The van der Waals surface area contributed by atoms with Gasteiger partial charge in [-0.25, -0.2) is 0 Å². The van der Waals surface area contributed by atoms with Crippen LogP contribution >= 0.6 is 0 Å². The largest absolute Gasteiger partial charge is 0.493 e. The highest BCUT2D eigenvalue weighted by atomic mass is 16.5. The van der Waals surface area contributed by atoms with Crippen LogP contribution < -0.4 is 38.2 Å². The van der Waals surface area contributed by atoms with Gasteiger partial charge in [-0.3, -0.25) is 9.97 Å². The summed E-state index contributed by atoms with van der Waals surface area (Å²) in [7, 11) is 10.6. The van der Waals surface area contributed by atoms with E-state index in [4.69, 9.17) is 38.4 Å². The molecule has 0 aliphatic heterocycles. The van der Waals surface area contributed by atoms with Crippen LogP contribution in [0.1, 0.15) is 13.8 Å². The second-order valence-corrected chi connectivity index (χ2v) is 9.93. The van der Waals surface area contributed by atoms with Crippen molar-refractivity contribution in [2.45, 2.75) is 13.8 Å². The lowest BCUT2D eigenvalue weighted by Crippen LogP contribution is -2.30. The molecule has 0 N–H and O–H groups in total. The minimum Gasteiger partial charge on any atom is -0.493 e. The number of methoxy groups -OCH3 is 4. The summed E-state index contributed by atoms with van der Waals surface area (Å²) in [4.78, 5) is 13.8. The van der Waals surface area contributed by atoms with Crippen molar-refractivity contribution in [3.8, 4) is 57.0 Å². The average molecular weight is 603 g/mol. The molecule has 0 unspecified atom stereocenters. The number of nitrogens with zero attached hydrogens (tertiary/aromatic N) is 4. The van der Waals surface area contributed by atoms with E-state index < -0.39 is 0 Å². The van der Waals surface area contributed by atoms with E-state index in [9.17, 15) is 0 Å². The summed E-state index contributed by atoms with van der Waals surface area (Å²) in [5.41, 5.74) is 5.42. The van der Waals surface area contributed by atoms with Gasteiger partial charge in [0.25, 0.3) is 0 Å². The van der Waals surface area contributed by atoms with Crippen LogP contribution in [0.2, 0.25) is 0 Å². The van der Waals surface area contributed by atoms with Crippen molar-refractivity contribution in [1.82, 2.24) is 9.97 Å². The Morgan fingerprint density at radius 1 is 0.545 bits per heavy atom. The highest BCUT2D eigenvalue weighted by molar-refractivity contribution is 5.71. The third-order valence-corrected chi connectivity index (χ3v) is 7.24. The summed E-state index contributed by atoms with van der Waals surface area (Å²) in [6.45, 7) is 6.45. The Kier molecular flexibility index (Phi) is 11.0. The third kappa shape index (κ3) is 7.19. The van der Waals surface area contributed by atoms with E-state index in [1.165, 1.54) is 0 Å². The van der Waals surface area contributed by atoms with Gasteiger partial charge in [0.15, 0.2) is 23.0 Å². The van der Waals surface area contributed by atoms with Crippen molar-refractivity contribution in [3.05, 3.63) is 60.9 Å². The first kappa shape index (κ1) is 32.1. The molecular formula is C34H42N4O6. The first-order valence-corrected chi connectivity index (χ1v) is 14.5. The Bertz CT molecular complexity index is 1350. The fraction of sp³-hybridized carbons (Fsp3) is 0.353. The van der Waals surface area contributed by atoms with Gasteiger partial charge in [0.05, 0.1) is 76.8 Å². The quantitative estimate of drug-likeness (QED) is 0.156. The molecule has 4 rings (SSSR count). The number of aromatic nitrogens is 2. The molecule has 2 aromatic heterocycles. The molecule has 0 bridgehead atoms. The van der Waals surface area contributed by atoms with Crippen LogP contribution in [0.15, 0.2) is 60.9 Å². The maximum absolute atomic E-state index is 5.73. The van der Waals surface area contributed by atoms with Gasteiger partial charge >= 0.3 is 0 Å². The molecule has 2 aromatic carbocycles. The number of anilines is 2. The van der Waals surface area contributed by atoms with Gasteiger partial charge in [0, 0.05) is 38.3 Å². The monoisotopic (exact) mass is 602 g/mol. The number of pyridine rings is 2. The number of hydrogen-bond donors (Lipinski definition) is 0. The summed E-state index contributed by atoms with van der Waals surface area (Å²) in [5.74, 6) is 3.59. The van der Waals surface area contributed by atoms with E-state index in [0.29, 0.717) is 47.7 Å². The normalized spacial score (nSPS) is 10.6. The molecule has 0 amide bonds. The Balaban J connectivity index is 1.41. The zero-order valence-corrected chi connectivity index (χ0v) is 26.8. The second kappa shape index (κ2) is 15.0. The zero-order valence-electron chi connectivity index (χ0n) is 26.8. The summed E-state index contributed by atoms with van der Waals surface area (Å²) in [6, 6.07) is 15.8. The highest BCUT2D eigenvalue weighted by Gasteiger charge is 2.17. The smallest absolute Gasteiger partial charge is 0.203 e. The lowest BCUT2D eigenvalue weighted by molar-refractivity contribution is 0.288. The first-order valence-electron chi connectivity index (χ1n) is 14.5. The fourth-order valence-electron chi connectivity index (χ4n) is 4.75. The number of ether oxygens (including phenoxy) is 6. The van der Waals surface area contributed by atoms with Crippen molar-refractivity contribution < 1.29 is 28.4 Å². The minimum atomic E-state index is 0.511. The molecule has 10 heteroatoms. The van der Waals surface area contributed by atoms with E-state index in [0.717, 1.165) is 47.0 Å². The standard InChI is InChI=1S/C34H42N4O6/c1-9-43-33-29(39-5)17-23(18-30(33)40-6)27-13-11-25(21-35-27)37(3)15-16-38(4)26-12-14-28(36-22-26)24-19-31(41-7)34(44-10-2)32(20-24)42-8/h11-14,17-22H,9-10,15-16H2,1-8H3. The van der Waals surface area contributed by atoms with Crippen molar-refractivity contribution in [2.75, 3.05) is 78.6 Å². The SMILES string of the molecule is CCOc1c(OC)cc(-c2ccc(N(C)CCN(C)c3ccc(-c4cc(OC)c(OCC)c(OC)c4)nc3)cn2)cc1OC. The van der Waals surface area contributed by atoms with Crippen molar-refractivity contribution in [1.29, 1.82) is 0 Å². The van der Waals surface area contributed by atoms with Crippen LogP contribution in [0, 0.1) is 0 Å². The number of likely N-dealkylation sites (N-methyl/N-ethyl adjacent to an activating group) is 2. The lowest BCUT2D eigenvalue weighted by atomic mass is 10.1. The Morgan fingerprint density at radius 3 is 1.14 bits per heavy atom. The zero-order chi connectivity index (χ0) is 31.6. The van der Waals surface area contributed by atoms with Gasteiger partial charge in [-0.05, 0) is 62.4 Å². The minimum absolute atomic E-state index is 0.511. The topological polar surface area (TPSA) is 87.6 Å². The summed E-state index contributed by atoms with van der Waals surface area (Å²) < 4.78 is 33.7. The molecule has 0 aliphatic rings. The number of benzene rings is 2. The molecule has 0 spiro atoms. The predicted octanol–water partition coefficient (Wildman–Crippen LogP) is 6.22. The Labute approximate surface area is 260 Å². The molecule has 0 saturated heterocycles. The van der Waals surface area contributed by atoms with Gasteiger partial charge in [-0.2, -0.15) is 0 Å². The van der Waals surface area contributed by atoms with E-state index in [1.807, 2.05) is 62.6 Å². The Morgan fingerprint density at radius 2 is 0.886 bits per heavy atom. The summed E-state index contributed by atoms with van der Waals surface area (Å²) in [6.07, 6.45) is 3.75. The highest BCUT2D eigenvalue weighted by Crippen LogP contribution is 2.42. The average Bonchev–Trinajstić information content (AvgIpc) is 3.07. The van der Waals surface area contributed by atoms with E-state index in [-0.39, 0.29) is 0 Å².